The summed E-state index contributed by atoms with van der Waals surface area (Å²) in [5.74, 6) is 0.149. The van der Waals surface area contributed by atoms with Crippen LogP contribution in [0.15, 0.2) is 12.7 Å². The second-order valence-electron chi connectivity index (χ2n) is 6.40. The molecule has 2 nitrogen and oxygen atoms in total. The van der Waals surface area contributed by atoms with Crippen molar-refractivity contribution >= 4 is 14.1 Å². The SMILES string of the molecule is C=CC(=O)CCC(CCCCCCC)O[Si](CC)(CC)CC. The van der Waals surface area contributed by atoms with E-state index in [0.717, 1.165) is 12.8 Å². The predicted molar refractivity (Wildman–Crippen MR) is 99.9 cm³/mol. The molecule has 1 atom stereocenters. The fourth-order valence-corrected chi connectivity index (χ4v) is 5.94. The molecule has 0 aromatic heterocycles. The lowest BCUT2D eigenvalue weighted by molar-refractivity contribution is -0.115. The number of rotatable bonds is 15. The number of hydrogen-bond acceptors (Lipinski definition) is 2. The second kappa shape index (κ2) is 13.1. The standard InChI is InChI=1S/C19H38O2Si/c1-6-11-12-13-14-15-19(17-16-18(20)7-2)21-22(8-3,9-4)10-5/h7,19H,2,6,8-17H2,1,3-5H3. The van der Waals surface area contributed by atoms with Crippen LogP contribution in [-0.2, 0) is 9.22 Å². The molecule has 0 aliphatic rings. The first-order chi connectivity index (χ1) is 10.6. The highest BCUT2D eigenvalue weighted by Crippen LogP contribution is 2.27. The number of allylic oxidation sites excluding steroid dienone is 1. The molecule has 3 heteroatoms. The van der Waals surface area contributed by atoms with E-state index in [9.17, 15) is 4.79 Å². The van der Waals surface area contributed by atoms with Crippen LogP contribution in [0.2, 0.25) is 18.1 Å². The number of hydrogen-bond donors (Lipinski definition) is 0. The predicted octanol–water partition coefficient (Wildman–Crippen LogP) is 6.27. The summed E-state index contributed by atoms with van der Waals surface area (Å²) in [6.07, 6.45) is 10.8. The minimum Gasteiger partial charge on any atom is -0.414 e. The van der Waals surface area contributed by atoms with Gasteiger partial charge in [0.2, 0.25) is 0 Å². The molecule has 0 saturated heterocycles. The van der Waals surface area contributed by atoms with Gasteiger partial charge in [-0.2, -0.15) is 0 Å². The highest BCUT2D eigenvalue weighted by atomic mass is 28.4. The van der Waals surface area contributed by atoms with Crippen LogP contribution in [0, 0.1) is 0 Å². The van der Waals surface area contributed by atoms with Crippen molar-refractivity contribution in [3.8, 4) is 0 Å². The Labute approximate surface area is 139 Å². The molecule has 0 aromatic rings. The molecule has 0 radical (unpaired) electrons. The zero-order valence-electron chi connectivity index (χ0n) is 15.5. The van der Waals surface area contributed by atoms with Crippen molar-refractivity contribution in [1.82, 2.24) is 0 Å². The molecule has 0 fully saturated rings. The van der Waals surface area contributed by atoms with Gasteiger partial charge in [-0.3, -0.25) is 4.79 Å². The fourth-order valence-electron chi connectivity index (χ4n) is 3.00. The maximum atomic E-state index is 11.5. The van der Waals surface area contributed by atoms with Gasteiger partial charge in [-0.25, -0.2) is 0 Å². The highest BCUT2D eigenvalue weighted by Gasteiger charge is 2.31. The molecule has 0 saturated carbocycles. The number of ketones is 1. The summed E-state index contributed by atoms with van der Waals surface area (Å²) < 4.78 is 6.64. The summed E-state index contributed by atoms with van der Waals surface area (Å²) in [7, 11) is -1.58. The fraction of sp³-hybridized carbons (Fsp3) is 0.842. The molecule has 0 spiro atoms. The van der Waals surface area contributed by atoms with Crippen LogP contribution in [0.5, 0.6) is 0 Å². The second-order valence-corrected chi connectivity index (χ2v) is 11.1. The molecule has 0 aliphatic heterocycles. The third kappa shape index (κ3) is 8.89. The first-order valence-electron chi connectivity index (χ1n) is 9.40. The number of carbonyl (C=O) groups excluding carboxylic acids is 1. The zero-order chi connectivity index (χ0) is 16.8. The van der Waals surface area contributed by atoms with Crippen molar-refractivity contribution in [3.63, 3.8) is 0 Å². The van der Waals surface area contributed by atoms with Crippen molar-refractivity contribution in [2.75, 3.05) is 0 Å². The van der Waals surface area contributed by atoms with Crippen LogP contribution in [0.25, 0.3) is 0 Å². The van der Waals surface area contributed by atoms with Gasteiger partial charge in [-0.15, -0.1) is 0 Å². The molecule has 0 aromatic carbocycles. The Bertz CT molecular complexity index is 290. The monoisotopic (exact) mass is 326 g/mol. The van der Waals surface area contributed by atoms with Gasteiger partial charge in [0.05, 0.1) is 0 Å². The van der Waals surface area contributed by atoms with Crippen molar-refractivity contribution in [1.29, 1.82) is 0 Å². The summed E-state index contributed by atoms with van der Waals surface area (Å²) in [5.41, 5.74) is 0. The van der Waals surface area contributed by atoms with Crippen LogP contribution < -0.4 is 0 Å². The quantitative estimate of drug-likeness (QED) is 0.201. The largest absolute Gasteiger partial charge is 0.414 e. The Morgan fingerprint density at radius 1 is 1.00 bits per heavy atom. The van der Waals surface area contributed by atoms with Gasteiger partial charge in [0.1, 0.15) is 0 Å². The van der Waals surface area contributed by atoms with Gasteiger partial charge >= 0.3 is 0 Å². The van der Waals surface area contributed by atoms with E-state index in [1.54, 1.807) is 0 Å². The lowest BCUT2D eigenvalue weighted by atomic mass is 10.0. The van der Waals surface area contributed by atoms with E-state index in [-0.39, 0.29) is 11.9 Å². The minimum absolute atomic E-state index is 0.149. The van der Waals surface area contributed by atoms with E-state index < -0.39 is 8.32 Å². The number of carbonyl (C=O) groups is 1. The lowest BCUT2D eigenvalue weighted by Gasteiger charge is -2.33. The smallest absolute Gasteiger partial charge is 0.192 e. The third-order valence-electron chi connectivity index (χ3n) is 4.92. The van der Waals surface area contributed by atoms with Gasteiger partial charge in [0.25, 0.3) is 0 Å². The maximum Gasteiger partial charge on any atom is 0.192 e. The van der Waals surface area contributed by atoms with Crippen molar-refractivity contribution in [2.45, 2.75) is 103 Å². The molecule has 0 N–H and O–H groups in total. The average molecular weight is 327 g/mol. The molecule has 0 rings (SSSR count). The van der Waals surface area contributed by atoms with Gasteiger partial charge in [-0.1, -0.05) is 66.4 Å². The van der Waals surface area contributed by atoms with Gasteiger partial charge in [0, 0.05) is 12.5 Å². The van der Waals surface area contributed by atoms with E-state index in [0.29, 0.717) is 6.42 Å². The molecule has 0 bridgehead atoms. The van der Waals surface area contributed by atoms with E-state index in [4.69, 9.17) is 4.43 Å². The van der Waals surface area contributed by atoms with Crippen molar-refractivity contribution < 1.29 is 9.22 Å². The van der Waals surface area contributed by atoms with Crippen LogP contribution in [-0.4, -0.2) is 20.2 Å². The molecule has 0 aliphatic carbocycles. The maximum absolute atomic E-state index is 11.5. The molecular formula is C19H38O2Si. The van der Waals surface area contributed by atoms with E-state index in [1.165, 1.54) is 56.3 Å². The minimum atomic E-state index is -1.58. The van der Waals surface area contributed by atoms with Crippen LogP contribution >= 0.6 is 0 Å². The Balaban J connectivity index is 4.48. The molecule has 22 heavy (non-hydrogen) atoms. The van der Waals surface area contributed by atoms with E-state index >= 15 is 0 Å². The Kier molecular flexibility index (Phi) is 12.8. The first-order valence-corrected chi connectivity index (χ1v) is 11.9. The Hall–Kier alpha value is -0.413. The molecule has 0 amide bonds. The van der Waals surface area contributed by atoms with Crippen LogP contribution in [0.1, 0.15) is 79.1 Å². The zero-order valence-corrected chi connectivity index (χ0v) is 16.5. The van der Waals surface area contributed by atoms with Crippen molar-refractivity contribution in [2.24, 2.45) is 0 Å². The molecule has 1 unspecified atom stereocenters. The Morgan fingerprint density at radius 3 is 2.09 bits per heavy atom. The first kappa shape index (κ1) is 21.6. The average Bonchev–Trinajstić information content (AvgIpc) is 2.56. The summed E-state index contributed by atoms with van der Waals surface area (Å²) in [6.45, 7) is 12.6. The van der Waals surface area contributed by atoms with Crippen LogP contribution in [0.3, 0.4) is 0 Å². The summed E-state index contributed by atoms with van der Waals surface area (Å²) in [5, 5.41) is 0. The van der Waals surface area contributed by atoms with Gasteiger partial charge in [-0.05, 0) is 37.0 Å². The highest BCUT2D eigenvalue weighted by molar-refractivity contribution is 6.73. The normalized spacial score (nSPS) is 13.1. The van der Waals surface area contributed by atoms with Gasteiger partial charge in [0.15, 0.2) is 14.1 Å². The Morgan fingerprint density at radius 2 is 1.59 bits per heavy atom. The topological polar surface area (TPSA) is 26.3 Å². The van der Waals surface area contributed by atoms with E-state index in [2.05, 4.69) is 34.3 Å². The number of unbranched alkanes of at least 4 members (excludes halogenated alkanes) is 4. The summed E-state index contributed by atoms with van der Waals surface area (Å²) >= 11 is 0. The summed E-state index contributed by atoms with van der Waals surface area (Å²) in [4.78, 5) is 11.5. The van der Waals surface area contributed by atoms with Crippen molar-refractivity contribution in [3.05, 3.63) is 12.7 Å². The van der Waals surface area contributed by atoms with Gasteiger partial charge < -0.3 is 4.43 Å². The molecular weight excluding hydrogens is 288 g/mol. The molecule has 0 heterocycles. The lowest BCUT2D eigenvalue weighted by Crippen LogP contribution is -2.40. The molecule has 130 valence electrons. The summed E-state index contributed by atoms with van der Waals surface area (Å²) in [6, 6.07) is 3.55. The van der Waals surface area contributed by atoms with Crippen LogP contribution in [0.4, 0.5) is 0 Å². The third-order valence-corrected chi connectivity index (χ3v) is 9.62. The van der Waals surface area contributed by atoms with E-state index in [1.807, 2.05) is 0 Å².